The smallest absolute Gasteiger partial charge is 0.269 e. The zero-order chi connectivity index (χ0) is 22.1. The quantitative estimate of drug-likeness (QED) is 0.253. The molecule has 0 unspecified atom stereocenters. The van der Waals surface area contributed by atoms with Gasteiger partial charge < -0.3 is 0 Å². The minimum atomic E-state index is -0.461. The molecular formula is C24H16Cl2N2O3. The minimum Gasteiger partial charge on any atom is -0.275 e. The monoisotopic (exact) mass is 450 g/mol. The SMILES string of the molecule is Cc1ccc(C2=C/C(=C\c3ccc([N+](=O)[O-])cc3)C(=O)N2c2ccc(Cl)cc2Cl)cc1. The lowest BCUT2D eigenvalue weighted by Gasteiger charge is -2.22. The molecule has 0 bridgehead atoms. The van der Waals surface area contributed by atoms with Crippen LogP contribution in [0.2, 0.25) is 10.0 Å². The van der Waals surface area contributed by atoms with Crippen LogP contribution >= 0.6 is 23.2 Å². The first-order chi connectivity index (χ1) is 14.8. The summed E-state index contributed by atoms with van der Waals surface area (Å²) in [5.41, 5.74) is 4.28. The van der Waals surface area contributed by atoms with Gasteiger partial charge in [-0.25, -0.2) is 0 Å². The van der Waals surface area contributed by atoms with Crippen LogP contribution in [-0.4, -0.2) is 10.8 Å². The number of nitrogens with zero attached hydrogens (tertiary/aromatic N) is 2. The highest BCUT2D eigenvalue weighted by atomic mass is 35.5. The molecule has 31 heavy (non-hydrogen) atoms. The predicted molar refractivity (Wildman–Crippen MR) is 124 cm³/mol. The van der Waals surface area contributed by atoms with E-state index in [1.54, 1.807) is 47.4 Å². The van der Waals surface area contributed by atoms with Gasteiger partial charge in [0.05, 0.1) is 21.3 Å². The third kappa shape index (κ3) is 4.24. The second kappa shape index (κ2) is 8.38. The maximum Gasteiger partial charge on any atom is 0.269 e. The van der Waals surface area contributed by atoms with Crippen molar-refractivity contribution < 1.29 is 9.72 Å². The number of hydrogen-bond acceptors (Lipinski definition) is 3. The van der Waals surface area contributed by atoms with Crippen LogP contribution in [0.4, 0.5) is 11.4 Å². The summed E-state index contributed by atoms with van der Waals surface area (Å²) in [5, 5.41) is 11.7. The van der Waals surface area contributed by atoms with E-state index >= 15 is 0 Å². The van der Waals surface area contributed by atoms with Gasteiger partial charge in [-0.2, -0.15) is 0 Å². The summed E-state index contributed by atoms with van der Waals surface area (Å²) in [7, 11) is 0. The molecule has 0 fully saturated rings. The van der Waals surface area contributed by atoms with Crippen LogP contribution in [-0.2, 0) is 4.79 Å². The number of non-ortho nitro benzene ring substituents is 1. The summed E-state index contributed by atoms with van der Waals surface area (Å²) < 4.78 is 0. The topological polar surface area (TPSA) is 63.5 Å². The van der Waals surface area contributed by atoms with E-state index in [1.165, 1.54) is 12.1 Å². The van der Waals surface area contributed by atoms with E-state index in [4.69, 9.17) is 23.2 Å². The number of carbonyl (C=O) groups is 1. The van der Waals surface area contributed by atoms with Crippen molar-refractivity contribution in [1.82, 2.24) is 0 Å². The summed E-state index contributed by atoms with van der Waals surface area (Å²) >= 11 is 12.5. The minimum absolute atomic E-state index is 0.00893. The van der Waals surface area contributed by atoms with Crippen LogP contribution in [0.3, 0.4) is 0 Å². The number of hydrogen-bond donors (Lipinski definition) is 0. The Kier molecular flexibility index (Phi) is 5.63. The molecule has 3 aromatic carbocycles. The predicted octanol–water partition coefficient (Wildman–Crippen LogP) is 6.68. The van der Waals surface area contributed by atoms with Crippen molar-refractivity contribution in [2.24, 2.45) is 0 Å². The molecule has 1 heterocycles. The fourth-order valence-electron chi connectivity index (χ4n) is 3.33. The van der Waals surface area contributed by atoms with Crippen molar-refractivity contribution in [2.45, 2.75) is 6.92 Å². The Hall–Kier alpha value is -3.41. The van der Waals surface area contributed by atoms with Gasteiger partial charge in [0.15, 0.2) is 0 Å². The molecule has 1 aliphatic heterocycles. The van der Waals surface area contributed by atoms with Gasteiger partial charge in [-0.1, -0.05) is 53.0 Å². The van der Waals surface area contributed by atoms with E-state index in [-0.39, 0.29) is 11.6 Å². The first-order valence-electron chi connectivity index (χ1n) is 9.38. The second-order valence-corrected chi connectivity index (χ2v) is 7.92. The highest BCUT2D eigenvalue weighted by Crippen LogP contribution is 2.39. The zero-order valence-corrected chi connectivity index (χ0v) is 17.9. The van der Waals surface area contributed by atoms with Crippen molar-refractivity contribution in [2.75, 3.05) is 4.90 Å². The highest BCUT2D eigenvalue weighted by molar-refractivity contribution is 6.38. The van der Waals surface area contributed by atoms with Gasteiger partial charge in [0.25, 0.3) is 11.6 Å². The van der Waals surface area contributed by atoms with E-state index in [0.717, 1.165) is 11.1 Å². The number of nitro groups is 1. The fourth-order valence-corrected chi connectivity index (χ4v) is 3.82. The number of halogens is 2. The van der Waals surface area contributed by atoms with Crippen LogP contribution in [0.15, 0.2) is 78.4 Å². The Morgan fingerprint density at radius 3 is 2.26 bits per heavy atom. The summed E-state index contributed by atoms with van der Waals surface area (Å²) in [6.07, 6.45) is 3.49. The molecule has 5 nitrogen and oxygen atoms in total. The van der Waals surface area contributed by atoms with Crippen LogP contribution in [0.1, 0.15) is 16.7 Å². The number of benzene rings is 3. The molecule has 0 saturated heterocycles. The maximum atomic E-state index is 13.4. The molecule has 0 aromatic heterocycles. The molecule has 0 saturated carbocycles. The average Bonchev–Trinajstić information content (AvgIpc) is 3.05. The number of nitro benzene ring substituents is 1. The number of carbonyl (C=O) groups excluding carboxylic acids is 1. The van der Waals surface area contributed by atoms with Crippen molar-refractivity contribution in [3.63, 3.8) is 0 Å². The first-order valence-corrected chi connectivity index (χ1v) is 10.1. The van der Waals surface area contributed by atoms with Gasteiger partial charge in [0.2, 0.25) is 0 Å². The van der Waals surface area contributed by atoms with Crippen molar-refractivity contribution in [3.8, 4) is 0 Å². The Bertz CT molecular complexity index is 1250. The molecule has 3 aromatic rings. The lowest BCUT2D eigenvalue weighted by atomic mass is 10.1. The van der Waals surface area contributed by atoms with E-state index in [0.29, 0.717) is 32.6 Å². The highest BCUT2D eigenvalue weighted by Gasteiger charge is 2.31. The zero-order valence-electron chi connectivity index (χ0n) is 16.4. The van der Waals surface area contributed by atoms with E-state index in [1.807, 2.05) is 31.2 Å². The number of amides is 1. The molecule has 0 N–H and O–H groups in total. The largest absolute Gasteiger partial charge is 0.275 e. The first kappa shape index (κ1) is 20.8. The second-order valence-electron chi connectivity index (χ2n) is 7.08. The molecule has 1 aliphatic rings. The van der Waals surface area contributed by atoms with Crippen LogP contribution in [0.25, 0.3) is 11.8 Å². The molecule has 7 heteroatoms. The molecule has 0 atom stereocenters. The molecule has 154 valence electrons. The van der Waals surface area contributed by atoms with Gasteiger partial charge in [-0.15, -0.1) is 0 Å². The van der Waals surface area contributed by atoms with Crippen LogP contribution < -0.4 is 4.90 Å². The van der Waals surface area contributed by atoms with E-state index in [9.17, 15) is 14.9 Å². The molecule has 1 amide bonds. The molecular weight excluding hydrogens is 435 g/mol. The molecule has 4 rings (SSSR count). The molecule has 0 aliphatic carbocycles. The molecule has 0 spiro atoms. The fraction of sp³-hybridized carbons (Fsp3) is 0.0417. The van der Waals surface area contributed by atoms with Crippen LogP contribution in [0, 0.1) is 17.0 Å². The summed E-state index contributed by atoms with van der Waals surface area (Å²) in [5.74, 6) is -0.252. The normalized spacial score (nSPS) is 14.8. The van der Waals surface area contributed by atoms with Gasteiger partial charge in [-0.05, 0) is 60.5 Å². The van der Waals surface area contributed by atoms with E-state index in [2.05, 4.69) is 0 Å². The Balaban J connectivity index is 1.81. The standard InChI is InChI=1S/C24H16Cl2N2O3/c1-15-2-6-17(7-3-15)23-13-18(12-16-4-9-20(10-5-16)28(30)31)24(29)27(23)22-11-8-19(25)14-21(22)26/h2-14H,1H3/b18-12+. The average molecular weight is 451 g/mol. The number of aryl methyl sites for hydroxylation is 1. The van der Waals surface area contributed by atoms with Crippen molar-refractivity contribution in [3.05, 3.63) is 115 Å². The third-order valence-corrected chi connectivity index (χ3v) is 5.45. The number of anilines is 1. The lowest BCUT2D eigenvalue weighted by Crippen LogP contribution is -2.25. The van der Waals surface area contributed by atoms with Crippen LogP contribution in [0.5, 0.6) is 0 Å². The summed E-state index contributed by atoms with van der Waals surface area (Å²) in [4.78, 5) is 25.4. The van der Waals surface area contributed by atoms with Gasteiger partial charge in [-0.3, -0.25) is 19.8 Å². The Labute approximate surface area is 189 Å². The Morgan fingerprint density at radius 1 is 0.968 bits per heavy atom. The maximum absolute atomic E-state index is 13.4. The van der Waals surface area contributed by atoms with Gasteiger partial charge in [0.1, 0.15) is 0 Å². The molecule has 0 radical (unpaired) electrons. The summed E-state index contributed by atoms with van der Waals surface area (Å²) in [6, 6.07) is 18.8. The van der Waals surface area contributed by atoms with Gasteiger partial charge in [0, 0.05) is 22.7 Å². The third-order valence-electron chi connectivity index (χ3n) is 4.91. The summed E-state index contributed by atoms with van der Waals surface area (Å²) in [6.45, 7) is 1.99. The van der Waals surface area contributed by atoms with Crippen molar-refractivity contribution in [1.29, 1.82) is 0 Å². The Morgan fingerprint density at radius 2 is 1.65 bits per heavy atom. The lowest BCUT2D eigenvalue weighted by molar-refractivity contribution is -0.384. The van der Waals surface area contributed by atoms with Gasteiger partial charge >= 0.3 is 0 Å². The van der Waals surface area contributed by atoms with E-state index < -0.39 is 4.92 Å². The van der Waals surface area contributed by atoms with Crippen molar-refractivity contribution >= 4 is 52.3 Å². The number of rotatable bonds is 4.